The Labute approximate surface area is 98.3 Å². The highest BCUT2D eigenvalue weighted by Crippen LogP contribution is 2.38. The Bertz CT molecular complexity index is 508. The maximum Gasteiger partial charge on any atom is 0.178 e. The summed E-state index contributed by atoms with van der Waals surface area (Å²) in [6.07, 6.45) is 0. The molecule has 0 unspecified atom stereocenters. The molecule has 2 aromatic rings. The number of rotatable bonds is 3. The molecule has 0 fully saturated rings. The normalized spacial score (nSPS) is 10.2. The van der Waals surface area contributed by atoms with E-state index < -0.39 is 6.61 Å². The van der Waals surface area contributed by atoms with Crippen molar-refractivity contribution in [1.82, 2.24) is 0 Å². The van der Waals surface area contributed by atoms with Gasteiger partial charge < -0.3 is 20.1 Å². The summed E-state index contributed by atoms with van der Waals surface area (Å²) < 4.78 is 5.44. The minimum absolute atomic E-state index is 0.0682. The Hall–Kier alpha value is -2.20. The first kappa shape index (κ1) is 11.3. The first-order chi connectivity index (χ1) is 8.22. The summed E-state index contributed by atoms with van der Waals surface area (Å²) in [5.74, 6) is 0.341. The van der Waals surface area contributed by atoms with Crippen molar-refractivity contribution in [2.45, 2.75) is 6.61 Å². The van der Waals surface area contributed by atoms with E-state index in [1.807, 2.05) is 6.07 Å². The van der Waals surface area contributed by atoms with Crippen LogP contribution in [0.2, 0.25) is 0 Å². The number of hydrogen-bond acceptors (Lipinski definition) is 4. The van der Waals surface area contributed by atoms with Gasteiger partial charge in [-0.15, -0.1) is 0 Å². The van der Waals surface area contributed by atoms with Crippen LogP contribution in [0.3, 0.4) is 0 Å². The van der Waals surface area contributed by atoms with Gasteiger partial charge in [-0.2, -0.15) is 0 Å². The molecule has 0 spiro atoms. The van der Waals surface area contributed by atoms with Crippen molar-refractivity contribution in [3.05, 3.63) is 48.0 Å². The summed E-state index contributed by atoms with van der Waals surface area (Å²) in [5.41, 5.74) is 0.161. The lowest BCUT2D eigenvalue weighted by atomic mass is 10.1. The van der Waals surface area contributed by atoms with Crippen molar-refractivity contribution in [2.75, 3.05) is 0 Å². The van der Waals surface area contributed by atoms with Gasteiger partial charge in [0, 0.05) is 0 Å². The molecule has 2 aromatic carbocycles. The summed E-state index contributed by atoms with van der Waals surface area (Å²) in [6, 6.07) is 11.4. The fourth-order valence-corrected chi connectivity index (χ4v) is 1.48. The molecule has 4 heteroatoms. The van der Waals surface area contributed by atoms with Gasteiger partial charge in [0.2, 0.25) is 0 Å². The Kier molecular flexibility index (Phi) is 3.16. The smallest absolute Gasteiger partial charge is 0.178 e. The largest absolute Gasteiger partial charge is 0.507 e. The average Bonchev–Trinajstić information content (AvgIpc) is 2.35. The maximum atomic E-state index is 9.66. The predicted molar refractivity (Wildman–Crippen MR) is 62.2 cm³/mol. The molecule has 88 valence electrons. The Morgan fingerprint density at radius 3 is 2.18 bits per heavy atom. The lowest BCUT2D eigenvalue weighted by Gasteiger charge is -2.12. The number of aromatic hydroxyl groups is 2. The summed E-state index contributed by atoms with van der Waals surface area (Å²) in [7, 11) is 0. The van der Waals surface area contributed by atoms with Crippen LogP contribution in [0.4, 0.5) is 0 Å². The molecular formula is C13H12O4. The standard InChI is InChI=1S/C13H12O4/c14-8-10-11(15)6-7-12(16)13(10)17-9-4-2-1-3-5-9/h1-7,14-16H,8H2. The summed E-state index contributed by atoms with van der Waals surface area (Å²) in [5, 5.41) is 28.4. The van der Waals surface area contributed by atoms with Gasteiger partial charge in [0.1, 0.15) is 11.5 Å². The monoisotopic (exact) mass is 232 g/mol. The fourth-order valence-electron chi connectivity index (χ4n) is 1.48. The second-order valence-electron chi connectivity index (χ2n) is 3.48. The maximum absolute atomic E-state index is 9.66. The number of para-hydroxylation sites is 1. The predicted octanol–water partition coefficient (Wildman–Crippen LogP) is 2.38. The van der Waals surface area contributed by atoms with Gasteiger partial charge in [-0.1, -0.05) is 18.2 Å². The van der Waals surface area contributed by atoms with E-state index in [0.29, 0.717) is 5.75 Å². The number of ether oxygens (including phenoxy) is 1. The molecular weight excluding hydrogens is 220 g/mol. The van der Waals surface area contributed by atoms with Gasteiger partial charge in [-0.3, -0.25) is 0 Å². The molecule has 3 N–H and O–H groups in total. The summed E-state index contributed by atoms with van der Waals surface area (Å²) in [6.45, 7) is -0.414. The quantitative estimate of drug-likeness (QED) is 0.710. The lowest BCUT2D eigenvalue weighted by Crippen LogP contribution is -1.93. The van der Waals surface area contributed by atoms with E-state index in [4.69, 9.17) is 9.84 Å². The number of benzene rings is 2. The number of aliphatic hydroxyl groups is 1. The molecule has 0 radical (unpaired) electrons. The molecule has 0 amide bonds. The van der Waals surface area contributed by atoms with E-state index >= 15 is 0 Å². The van der Waals surface area contributed by atoms with Crippen LogP contribution in [0.15, 0.2) is 42.5 Å². The van der Waals surface area contributed by atoms with Gasteiger partial charge in [0.25, 0.3) is 0 Å². The molecule has 4 nitrogen and oxygen atoms in total. The van der Waals surface area contributed by atoms with E-state index in [0.717, 1.165) is 0 Å². The second-order valence-corrected chi connectivity index (χ2v) is 3.48. The number of hydrogen-bond donors (Lipinski definition) is 3. The van der Waals surface area contributed by atoms with Crippen molar-refractivity contribution < 1.29 is 20.1 Å². The topological polar surface area (TPSA) is 69.9 Å². The zero-order valence-electron chi connectivity index (χ0n) is 9.00. The molecule has 0 aliphatic rings. The summed E-state index contributed by atoms with van der Waals surface area (Å²) in [4.78, 5) is 0. The summed E-state index contributed by atoms with van der Waals surface area (Å²) >= 11 is 0. The van der Waals surface area contributed by atoms with Crippen molar-refractivity contribution in [3.8, 4) is 23.0 Å². The van der Waals surface area contributed by atoms with E-state index in [2.05, 4.69) is 0 Å². The Balaban J connectivity index is 2.41. The van der Waals surface area contributed by atoms with Crippen molar-refractivity contribution >= 4 is 0 Å². The third-order valence-electron chi connectivity index (χ3n) is 2.34. The number of aliphatic hydroxyl groups excluding tert-OH is 1. The Morgan fingerprint density at radius 1 is 0.882 bits per heavy atom. The zero-order valence-corrected chi connectivity index (χ0v) is 9.00. The first-order valence-electron chi connectivity index (χ1n) is 5.10. The van der Waals surface area contributed by atoms with Crippen LogP contribution in [0.5, 0.6) is 23.0 Å². The van der Waals surface area contributed by atoms with E-state index in [-0.39, 0.29) is 22.8 Å². The highest BCUT2D eigenvalue weighted by molar-refractivity contribution is 5.53. The lowest BCUT2D eigenvalue weighted by molar-refractivity contribution is 0.267. The molecule has 0 saturated carbocycles. The van der Waals surface area contributed by atoms with E-state index in [1.165, 1.54) is 12.1 Å². The fraction of sp³-hybridized carbons (Fsp3) is 0.0769. The van der Waals surface area contributed by atoms with Crippen LogP contribution in [0.1, 0.15) is 5.56 Å². The van der Waals surface area contributed by atoms with Crippen molar-refractivity contribution in [3.63, 3.8) is 0 Å². The van der Waals surface area contributed by atoms with Gasteiger partial charge in [-0.25, -0.2) is 0 Å². The number of phenolic OH excluding ortho intramolecular Hbond substituents is 1. The van der Waals surface area contributed by atoms with Gasteiger partial charge in [0.15, 0.2) is 11.5 Å². The Morgan fingerprint density at radius 2 is 1.53 bits per heavy atom. The van der Waals surface area contributed by atoms with Crippen molar-refractivity contribution in [1.29, 1.82) is 0 Å². The molecule has 0 heterocycles. The average molecular weight is 232 g/mol. The molecule has 0 atom stereocenters. The molecule has 0 bridgehead atoms. The first-order valence-corrected chi connectivity index (χ1v) is 5.10. The highest BCUT2D eigenvalue weighted by atomic mass is 16.5. The minimum atomic E-state index is -0.414. The molecule has 2 rings (SSSR count). The van der Waals surface area contributed by atoms with E-state index in [1.54, 1.807) is 24.3 Å². The van der Waals surface area contributed by atoms with Crippen LogP contribution in [0, 0.1) is 0 Å². The van der Waals surface area contributed by atoms with Crippen LogP contribution in [0.25, 0.3) is 0 Å². The van der Waals surface area contributed by atoms with Crippen LogP contribution in [-0.4, -0.2) is 15.3 Å². The molecule has 0 aliphatic heterocycles. The van der Waals surface area contributed by atoms with E-state index in [9.17, 15) is 10.2 Å². The minimum Gasteiger partial charge on any atom is -0.507 e. The highest BCUT2D eigenvalue weighted by Gasteiger charge is 2.14. The third kappa shape index (κ3) is 2.32. The van der Waals surface area contributed by atoms with Gasteiger partial charge >= 0.3 is 0 Å². The molecule has 17 heavy (non-hydrogen) atoms. The molecule has 0 aromatic heterocycles. The number of phenols is 2. The van der Waals surface area contributed by atoms with Gasteiger partial charge in [0.05, 0.1) is 12.2 Å². The molecule has 0 saturated heterocycles. The third-order valence-corrected chi connectivity index (χ3v) is 2.34. The van der Waals surface area contributed by atoms with Gasteiger partial charge in [-0.05, 0) is 24.3 Å². The molecule has 0 aliphatic carbocycles. The second kappa shape index (κ2) is 4.76. The van der Waals surface area contributed by atoms with Crippen molar-refractivity contribution in [2.24, 2.45) is 0 Å². The SMILES string of the molecule is OCc1c(O)ccc(O)c1Oc1ccccc1. The van der Waals surface area contributed by atoms with Crippen LogP contribution >= 0.6 is 0 Å². The zero-order chi connectivity index (χ0) is 12.3. The van der Waals surface area contributed by atoms with Crippen LogP contribution < -0.4 is 4.74 Å². The van der Waals surface area contributed by atoms with Crippen LogP contribution in [-0.2, 0) is 6.61 Å².